The zero-order valence-electron chi connectivity index (χ0n) is 10.6. The first kappa shape index (κ1) is 15.7. The minimum atomic E-state index is 0.465. The van der Waals surface area contributed by atoms with Gasteiger partial charge in [0.1, 0.15) is 24.7 Å². The summed E-state index contributed by atoms with van der Waals surface area (Å²) in [6, 6.07) is 13.6. The fourth-order valence-electron chi connectivity index (χ4n) is 1.65. The highest BCUT2D eigenvalue weighted by Gasteiger charge is 2.08. The Labute approximate surface area is 140 Å². The molecule has 0 saturated heterocycles. The van der Waals surface area contributed by atoms with Gasteiger partial charge in [0.05, 0.1) is 8.95 Å². The van der Waals surface area contributed by atoms with Crippen molar-refractivity contribution in [3.05, 3.63) is 57.0 Å². The first-order valence-electron chi connectivity index (χ1n) is 6.05. The second kappa shape index (κ2) is 7.91. The molecule has 0 aliphatic heterocycles. The Bertz CT molecular complexity index is 538. The van der Waals surface area contributed by atoms with E-state index in [2.05, 4.69) is 31.9 Å². The van der Waals surface area contributed by atoms with E-state index in [0.717, 1.165) is 26.0 Å². The van der Waals surface area contributed by atoms with E-state index in [4.69, 9.17) is 21.1 Å². The van der Waals surface area contributed by atoms with Gasteiger partial charge in [-0.2, -0.15) is 0 Å². The Kier molecular flexibility index (Phi) is 6.20. The van der Waals surface area contributed by atoms with E-state index < -0.39 is 0 Å². The van der Waals surface area contributed by atoms with Crippen molar-refractivity contribution >= 4 is 43.5 Å². The summed E-state index contributed by atoms with van der Waals surface area (Å²) in [6.07, 6.45) is 0. The van der Waals surface area contributed by atoms with Gasteiger partial charge in [0.2, 0.25) is 0 Å². The van der Waals surface area contributed by atoms with Crippen LogP contribution in [0.15, 0.2) is 51.4 Å². The summed E-state index contributed by atoms with van der Waals surface area (Å²) in [4.78, 5) is 0. The Balaban J connectivity index is 1.88. The van der Waals surface area contributed by atoms with Crippen LogP contribution in [-0.2, 0) is 5.88 Å². The molecule has 2 aromatic carbocycles. The summed E-state index contributed by atoms with van der Waals surface area (Å²) in [5.41, 5.74) is 1.03. The molecule has 0 spiro atoms. The quantitative estimate of drug-likeness (QED) is 0.460. The van der Waals surface area contributed by atoms with Gasteiger partial charge in [-0.3, -0.25) is 0 Å². The van der Waals surface area contributed by atoms with Crippen LogP contribution in [0, 0.1) is 0 Å². The molecule has 0 aliphatic carbocycles. The minimum Gasteiger partial charge on any atom is -0.490 e. The van der Waals surface area contributed by atoms with Crippen LogP contribution in [0.25, 0.3) is 0 Å². The van der Waals surface area contributed by atoms with Crippen molar-refractivity contribution in [2.24, 2.45) is 0 Å². The number of halogens is 3. The van der Waals surface area contributed by atoms with Gasteiger partial charge in [-0.1, -0.05) is 18.2 Å². The number of hydrogen-bond acceptors (Lipinski definition) is 2. The molecule has 0 aliphatic rings. The van der Waals surface area contributed by atoms with Gasteiger partial charge < -0.3 is 9.47 Å². The van der Waals surface area contributed by atoms with Crippen LogP contribution in [0.5, 0.6) is 11.5 Å². The highest BCUT2D eigenvalue weighted by atomic mass is 79.9. The molecule has 0 atom stereocenters. The Morgan fingerprint density at radius 1 is 0.900 bits per heavy atom. The van der Waals surface area contributed by atoms with E-state index in [1.807, 2.05) is 42.5 Å². The summed E-state index contributed by atoms with van der Waals surface area (Å²) < 4.78 is 13.1. The number of para-hydroxylation sites is 1. The largest absolute Gasteiger partial charge is 0.490 e. The smallest absolute Gasteiger partial charge is 0.147 e. The third-order valence-corrected chi connectivity index (χ3v) is 4.04. The number of hydrogen-bond donors (Lipinski definition) is 0. The Hall–Kier alpha value is -0.710. The number of benzene rings is 2. The van der Waals surface area contributed by atoms with Gasteiger partial charge in [-0.25, -0.2) is 0 Å². The summed E-state index contributed by atoms with van der Waals surface area (Å²) in [6.45, 7) is 0.951. The maximum absolute atomic E-state index is 5.82. The normalized spacial score (nSPS) is 10.3. The SMILES string of the molecule is ClCc1cc(Br)c(OCCOc2ccccc2)c(Br)c1. The maximum atomic E-state index is 5.82. The number of rotatable bonds is 6. The molecular weight excluding hydrogens is 407 g/mol. The van der Waals surface area contributed by atoms with E-state index in [9.17, 15) is 0 Å². The minimum absolute atomic E-state index is 0.465. The first-order chi connectivity index (χ1) is 9.70. The molecule has 2 nitrogen and oxygen atoms in total. The predicted octanol–water partition coefficient (Wildman–Crippen LogP) is 5.41. The Morgan fingerprint density at radius 3 is 2.10 bits per heavy atom. The van der Waals surface area contributed by atoms with Crippen molar-refractivity contribution in [2.45, 2.75) is 5.88 Å². The van der Waals surface area contributed by atoms with E-state index >= 15 is 0 Å². The number of ether oxygens (including phenoxy) is 2. The molecule has 0 bridgehead atoms. The molecule has 0 saturated carbocycles. The lowest BCUT2D eigenvalue weighted by molar-refractivity contribution is 0.215. The Morgan fingerprint density at radius 2 is 1.50 bits per heavy atom. The van der Waals surface area contributed by atoms with Crippen molar-refractivity contribution < 1.29 is 9.47 Å². The average Bonchev–Trinajstić information content (AvgIpc) is 2.46. The summed E-state index contributed by atoms with van der Waals surface area (Å²) in [7, 11) is 0. The lowest BCUT2D eigenvalue weighted by Gasteiger charge is -2.12. The van der Waals surface area contributed by atoms with Gasteiger partial charge in [0, 0.05) is 5.88 Å². The van der Waals surface area contributed by atoms with Crippen LogP contribution in [0.3, 0.4) is 0 Å². The summed E-state index contributed by atoms with van der Waals surface area (Å²) in [5, 5.41) is 0. The van der Waals surface area contributed by atoms with E-state index in [1.165, 1.54) is 0 Å². The molecule has 5 heteroatoms. The molecule has 0 fully saturated rings. The summed E-state index contributed by atoms with van der Waals surface area (Å²) in [5.74, 6) is 2.07. The third-order valence-electron chi connectivity index (χ3n) is 2.55. The predicted molar refractivity (Wildman–Crippen MR) is 88.8 cm³/mol. The zero-order chi connectivity index (χ0) is 14.4. The molecule has 2 aromatic rings. The zero-order valence-corrected chi connectivity index (χ0v) is 14.5. The summed E-state index contributed by atoms with van der Waals surface area (Å²) >= 11 is 12.8. The first-order valence-corrected chi connectivity index (χ1v) is 8.17. The molecule has 0 N–H and O–H groups in total. The average molecular weight is 421 g/mol. The van der Waals surface area contributed by atoms with Crippen LogP contribution in [-0.4, -0.2) is 13.2 Å². The van der Waals surface area contributed by atoms with Crippen LogP contribution in [0.4, 0.5) is 0 Å². The van der Waals surface area contributed by atoms with Gasteiger partial charge in [0.15, 0.2) is 0 Å². The monoisotopic (exact) mass is 418 g/mol. The van der Waals surface area contributed by atoms with Gasteiger partial charge in [-0.15, -0.1) is 11.6 Å². The molecule has 20 heavy (non-hydrogen) atoms. The highest BCUT2D eigenvalue weighted by Crippen LogP contribution is 2.35. The van der Waals surface area contributed by atoms with Crippen LogP contribution in [0.1, 0.15) is 5.56 Å². The number of alkyl halides is 1. The van der Waals surface area contributed by atoms with Gasteiger partial charge in [-0.05, 0) is 61.7 Å². The second-order valence-electron chi connectivity index (χ2n) is 4.03. The molecule has 0 radical (unpaired) electrons. The second-order valence-corrected chi connectivity index (χ2v) is 6.01. The van der Waals surface area contributed by atoms with E-state index in [0.29, 0.717) is 19.1 Å². The van der Waals surface area contributed by atoms with Crippen molar-refractivity contribution in [3.63, 3.8) is 0 Å². The van der Waals surface area contributed by atoms with Crippen LogP contribution < -0.4 is 9.47 Å². The highest BCUT2D eigenvalue weighted by molar-refractivity contribution is 9.11. The molecular formula is C15H13Br2ClO2. The van der Waals surface area contributed by atoms with Crippen molar-refractivity contribution in [1.29, 1.82) is 0 Å². The molecule has 0 heterocycles. The standard InChI is InChI=1S/C15H13Br2ClO2/c16-13-8-11(10-18)9-14(17)15(13)20-7-6-19-12-4-2-1-3-5-12/h1-5,8-9H,6-7,10H2. The lowest BCUT2D eigenvalue weighted by atomic mass is 10.2. The van der Waals surface area contributed by atoms with E-state index in [-0.39, 0.29) is 0 Å². The maximum Gasteiger partial charge on any atom is 0.147 e. The van der Waals surface area contributed by atoms with Crippen LogP contribution in [0.2, 0.25) is 0 Å². The molecule has 0 unspecified atom stereocenters. The van der Waals surface area contributed by atoms with Gasteiger partial charge >= 0.3 is 0 Å². The van der Waals surface area contributed by atoms with Crippen molar-refractivity contribution in [1.82, 2.24) is 0 Å². The molecule has 106 valence electrons. The third kappa shape index (κ3) is 4.40. The molecule has 0 amide bonds. The molecule has 0 aromatic heterocycles. The fourth-order valence-corrected chi connectivity index (χ4v) is 3.31. The van der Waals surface area contributed by atoms with E-state index in [1.54, 1.807) is 0 Å². The van der Waals surface area contributed by atoms with Crippen molar-refractivity contribution in [2.75, 3.05) is 13.2 Å². The fraction of sp³-hybridized carbons (Fsp3) is 0.200. The topological polar surface area (TPSA) is 18.5 Å². The van der Waals surface area contributed by atoms with Crippen molar-refractivity contribution in [3.8, 4) is 11.5 Å². The molecule has 2 rings (SSSR count). The van der Waals surface area contributed by atoms with Crippen LogP contribution >= 0.6 is 43.5 Å². The lowest BCUT2D eigenvalue weighted by Crippen LogP contribution is -2.09. The van der Waals surface area contributed by atoms with Gasteiger partial charge in [0.25, 0.3) is 0 Å².